The number of rotatable bonds is 3. The number of aromatic carboxylic acids is 2. The minimum atomic E-state index is -1.60. The molecule has 9 heteroatoms. The quantitative estimate of drug-likeness (QED) is 0.549. The Morgan fingerprint density at radius 1 is 1.14 bits per heavy atom. The molecule has 0 aliphatic rings. The van der Waals surface area contributed by atoms with Gasteiger partial charge in [-0.1, -0.05) is 15.9 Å². The zero-order valence-corrected chi connectivity index (χ0v) is 12.3. The van der Waals surface area contributed by atoms with Gasteiger partial charge in [0.1, 0.15) is 22.7 Å². The van der Waals surface area contributed by atoms with Gasteiger partial charge in [-0.2, -0.15) is 0 Å². The summed E-state index contributed by atoms with van der Waals surface area (Å²) in [5, 5.41) is 27.9. The van der Waals surface area contributed by atoms with Crippen LogP contribution in [-0.4, -0.2) is 32.2 Å². The van der Waals surface area contributed by atoms with Crippen molar-refractivity contribution in [1.82, 2.24) is 4.98 Å². The Kier molecular flexibility index (Phi) is 3.91. The highest BCUT2D eigenvalue weighted by atomic mass is 79.9. The molecule has 0 aliphatic heterocycles. The number of aromatic hydroxyl groups is 1. The summed E-state index contributed by atoms with van der Waals surface area (Å²) in [7, 11) is 0. The third-order valence-electron chi connectivity index (χ3n) is 2.89. The average Bonchev–Trinajstić information content (AvgIpc) is 2.36. The molecule has 8 nitrogen and oxygen atoms in total. The summed E-state index contributed by atoms with van der Waals surface area (Å²) in [4.78, 5) is 36.6. The van der Waals surface area contributed by atoms with E-state index in [-0.39, 0.29) is 21.3 Å². The number of nitrogens with two attached hydrogens (primary N) is 1. The molecular formula is C13H9BrN2O6. The second kappa shape index (κ2) is 5.53. The van der Waals surface area contributed by atoms with Gasteiger partial charge < -0.3 is 26.0 Å². The van der Waals surface area contributed by atoms with Crippen LogP contribution in [0, 0.1) is 0 Å². The maximum atomic E-state index is 11.9. The Balaban J connectivity index is 3.02. The molecule has 0 fully saturated rings. The topological polar surface area (TPSA) is 154 Å². The van der Waals surface area contributed by atoms with E-state index in [0.29, 0.717) is 0 Å². The summed E-state index contributed by atoms with van der Waals surface area (Å²) in [6.07, 6.45) is 0. The van der Waals surface area contributed by atoms with E-state index in [9.17, 15) is 29.7 Å². The molecule has 1 heterocycles. The Bertz CT molecular complexity index is 858. The Hall–Kier alpha value is -2.81. The maximum Gasteiger partial charge on any atom is 0.342 e. The van der Waals surface area contributed by atoms with E-state index in [2.05, 4.69) is 15.9 Å². The zero-order chi connectivity index (χ0) is 16.6. The molecule has 6 N–H and O–H groups in total. The number of carboxylic acids is 2. The number of H-pyrrole nitrogens is 1. The molecule has 0 amide bonds. The van der Waals surface area contributed by atoms with Crippen molar-refractivity contribution < 1.29 is 24.9 Å². The second-order valence-electron chi connectivity index (χ2n) is 4.27. The fraction of sp³-hybridized carbons (Fsp3) is 0. The number of phenolic OH excluding ortho intramolecular Hbond substituents is 1. The number of nitrogens with one attached hydrogen (secondary N) is 1. The van der Waals surface area contributed by atoms with E-state index in [1.165, 1.54) is 18.2 Å². The van der Waals surface area contributed by atoms with Crippen molar-refractivity contribution in [2.24, 2.45) is 0 Å². The molecule has 0 saturated carbocycles. The van der Waals surface area contributed by atoms with Crippen molar-refractivity contribution in [2.75, 3.05) is 5.73 Å². The number of hydrogen-bond acceptors (Lipinski definition) is 5. The first kappa shape index (κ1) is 15.6. The van der Waals surface area contributed by atoms with Crippen LogP contribution in [-0.2, 0) is 0 Å². The van der Waals surface area contributed by atoms with Crippen LogP contribution in [0.2, 0.25) is 0 Å². The van der Waals surface area contributed by atoms with Gasteiger partial charge in [0, 0.05) is 10.0 Å². The van der Waals surface area contributed by atoms with Crippen molar-refractivity contribution in [3.63, 3.8) is 0 Å². The zero-order valence-electron chi connectivity index (χ0n) is 10.8. The predicted molar refractivity (Wildman–Crippen MR) is 80.2 cm³/mol. The largest absolute Gasteiger partial charge is 0.508 e. The molecule has 0 aliphatic carbocycles. The number of benzene rings is 1. The smallest absolute Gasteiger partial charge is 0.342 e. The number of pyridine rings is 1. The molecule has 22 heavy (non-hydrogen) atoms. The molecule has 0 saturated heterocycles. The van der Waals surface area contributed by atoms with Gasteiger partial charge in [-0.05, 0) is 23.8 Å². The average molecular weight is 369 g/mol. The lowest BCUT2D eigenvalue weighted by Crippen LogP contribution is -2.24. The Labute approximate surface area is 131 Å². The van der Waals surface area contributed by atoms with Crippen LogP contribution < -0.4 is 11.3 Å². The molecule has 0 spiro atoms. The van der Waals surface area contributed by atoms with Crippen LogP contribution in [0.3, 0.4) is 0 Å². The van der Waals surface area contributed by atoms with Crippen molar-refractivity contribution in [1.29, 1.82) is 0 Å². The lowest BCUT2D eigenvalue weighted by Gasteiger charge is -2.13. The normalized spacial score (nSPS) is 10.4. The van der Waals surface area contributed by atoms with Crippen LogP contribution in [0.4, 0.5) is 5.82 Å². The molecule has 0 bridgehead atoms. The van der Waals surface area contributed by atoms with E-state index < -0.39 is 34.4 Å². The minimum absolute atomic E-state index is 0.102. The van der Waals surface area contributed by atoms with Gasteiger partial charge in [-0.3, -0.25) is 4.79 Å². The molecule has 2 rings (SSSR count). The Morgan fingerprint density at radius 3 is 2.23 bits per heavy atom. The van der Waals surface area contributed by atoms with Crippen LogP contribution in [0.5, 0.6) is 5.75 Å². The molecule has 114 valence electrons. The molecule has 0 radical (unpaired) electrons. The number of nitrogen functional groups attached to an aromatic ring is 1. The lowest BCUT2D eigenvalue weighted by molar-refractivity contribution is 0.0695. The molecule has 2 aromatic rings. The molecule has 0 atom stereocenters. The van der Waals surface area contributed by atoms with Gasteiger partial charge >= 0.3 is 11.9 Å². The fourth-order valence-electron chi connectivity index (χ4n) is 2.02. The van der Waals surface area contributed by atoms with Gasteiger partial charge in [-0.25, -0.2) is 9.59 Å². The predicted octanol–water partition coefficient (Wildman–Crippen LogP) is 1.49. The summed E-state index contributed by atoms with van der Waals surface area (Å²) in [5.41, 5.74) is 2.96. The first-order chi connectivity index (χ1) is 10.2. The summed E-state index contributed by atoms with van der Waals surface area (Å²) < 4.78 is 0.211. The second-order valence-corrected chi connectivity index (χ2v) is 5.12. The summed E-state index contributed by atoms with van der Waals surface area (Å²) in [6.45, 7) is 0. The number of phenols is 1. The van der Waals surface area contributed by atoms with E-state index >= 15 is 0 Å². The lowest BCUT2D eigenvalue weighted by atomic mass is 9.95. The maximum absolute atomic E-state index is 11.9. The first-order valence-electron chi connectivity index (χ1n) is 5.75. The monoisotopic (exact) mass is 368 g/mol. The number of aromatic amines is 1. The number of anilines is 1. The van der Waals surface area contributed by atoms with Gasteiger partial charge in [-0.15, -0.1) is 0 Å². The molecular weight excluding hydrogens is 360 g/mol. The highest BCUT2D eigenvalue weighted by molar-refractivity contribution is 9.10. The Morgan fingerprint density at radius 2 is 1.73 bits per heavy atom. The third kappa shape index (κ3) is 2.53. The van der Waals surface area contributed by atoms with Crippen LogP contribution in [0.15, 0.2) is 27.5 Å². The summed E-state index contributed by atoms with van der Waals surface area (Å²) in [6, 6.07) is 3.76. The number of carbonyl (C=O) groups is 2. The summed E-state index contributed by atoms with van der Waals surface area (Å²) >= 11 is 3.10. The molecule has 1 aromatic carbocycles. The number of aromatic nitrogens is 1. The molecule has 1 aromatic heterocycles. The standard InChI is InChI=1S/C13H9BrN2O6/c14-6-3-4(17)1-2-5(6)7-8(12(19)20)10(15)16-11(18)9(7)13(21)22/h1-3,17H,(H,19,20)(H,21,22)(H3,15,16,18). The van der Waals surface area contributed by atoms with Gasteiger partial charge in [0.2, 0.25) is 0 Å². The van der Waals surface area contributed by atoms with Crippen LogP contribution in [0.25, 0.3) is 11.1 Å². The van der Waals surface area contributed by atoms with Gasteiger partial charge in [0.25, 0.3) is 5.56 Å². The third-order valence-corrected chi connectivity index (χ3v) is 3.55. The minimum Gasteiger partial charge on any atom is -0.508 e. The van der Waals surface area contributed by atoms with Crippen molar-refractivity contribution >= 4 is 33.7 Å². The number of carboxylic acid groups (broad SMARTS) is 2. The van der Waals surface area contributed by atoms with Crippen molar-refractivity contribution in [3.05, 3.63) is 44.2 Å². The van der Waals surface area contributed by atoms with Crippen LogP contribution >= 0.6 is 15.9 Å². The van der Waals surface area contributed by atoms with Crippen LogP contribution in [0.1, 0.15) is 20.7 Å². The van der Waals surface area contributed by atoms with Crippen molar-refractivity contribution in [3.8, 4) is 16.9 Å². The van der Waals surface area contributed by atoms with E-state index in [0.717, 1.165) is 0 Å². The first-order valence-corrected chi connectivity index (χ1v) is 6.54. The van der Waals surface area contributed by atoms with Gasteiger partial charge in [0.15, 0.2) is 0 Å². The van der Waals surface area contributed by atoms with E-state index in [4.69, 9.17) is 5.73 Å². The molecule has 0 unspecified atom stereocenters. The highest BCUT2D eigenvalue weighted by Gasteiger charge is 2.27. The fourth-order valence-corrected chi connectivity index (χ4v) is 2.59. The van der Waals surface area contributed by atoms with Crippen molar-refractivity contribution in [2.45, 2.75) is 0 Å². The van der Waals surface area contributed by atoms with E-state index in [1.807, 2.05) is 4.98 Å². The summed E-state index contributed by atoms with van der Waals surface area (Å²) in [5.74, 6) is -3.68. The number of hydrogen-bond donors (Lipinski definition) is 5. The van der Waals surface area contributed by atoms with Gasteiger partial charge in [0.05, 0.1) is 0 Å². The SMILES string of the molecule is Nc1[nH]c(=O)c(C(=O)O)c(-c2ccc(O)cc2Br)c1C(=O)O. The van der Waals surface area contributed by atoms with E-state index in [1.54, 1.807) is 0 Å². The number of halogens is 1. The highest BCUT2D eigenvalue weighted by Crippen LogP contribution is 2.36.